The molecule has 0 N–H and O–H groups in total. The summed E-state index contributed by atoms with van der Waals surface area (Å²) in [7, 11) is 0. The number of nitrogens with zero attached hydrogens (tertiary/aromatic N) is 2. The van der Waals surface area contributed by atoms with Crippen molar-refractivity contribution in [1.82, 2.24) is 0 Å². The molecule has 0 heterocycles. The van der Waals surface area contributed by atoms with Crippen LogP contribution in [0.25, 0.3) is 88.6 Å². The predicted molar refractivity (Wildman–Crippen MR) is 330 cm³/mol. The predicted octanol–water partition coefficient (Wildman–Crippen LogP) is 19.4. The normalized spacial score (nSPS) is 13.1. The van der Waals surface area contributed by atoms with Crippen LogP contribution in [0.4, 0.5) is 34.1 Å². The number of hydrogen-bond acceptors (Lipinski definition) is 2. The van der Waals surface area contributed by atoms with Gasteiger partial charge in [0.2, 0.25) is 0 Å². The summed E-state index contributed by atoms with van der Waals surface area (Å²) in [5, 5.41) is 12.1. The third-order valence-electron chi connectivity index (χ3n) is 15.6. The van der Waals surface area contributed by atoms with E-state index in [0.717, 1.165) is 47.7 Å². The molecule has 0 aromatic heterocycles. The van der Waals surface area contributed by atoms with Gasteiger partial charge in [-0.15, -0.1) is 0 Å². The van der Waals surface area contributed by atoms with Crippen LogP contribution in [-0.4, -0.2) is 0 Å². The summed E-state index contributed by atoms with van der Waals surface area (Å²) in [4.78, 5) is 5.06. The molecule has 12 aromatic rings. The lowest BCUT2D eigenvalue weighted by Gasteiger charge is -2.32. The van der Waals surface area contributed by atoms with Crippen molar-refractivity contribution in [3.05, 3.63) is 301 Å². The van der Waals surface area contributed by atoms with E-state index in [0.29, 0.717) is 0 Å². The summed E-state index contributed by atoms with van der Waals surface area (Å²) in [6, 6.07) is 93.9. The van der Waals surface area contributed by atoms with Crippen molar-refractivity contribution in [2.45, 2.75) is 19.3 Å². The second kappa shape index (κ2) is 19.8. The minimum atomic E-state index is 0.867. The zero-order valence-electron chi connectivity index (χ0n) is 42.7. The quantitative estimate of drug-likeness (QED) is 0.126. The van der Waals surface area contributed by atoms with E-state index in [4.69, 9.17) is 0 Å². The van der Waals surface area contributed by atoms with Crippen LogP contribution >= 0.6 is 0 Å². The lowest BCUT2D eigenvalue weighted by atomic mass is 9.93. The smallest absolute Gasteiger partial charge is 0.0619 e. The average Bonchev–Trinajstić information content (AvgIpc) is 3.79. The Labute approximate surface area is 450 Å². The molecule has 0 saturated heterocycles. The van der Waals surface area contributed by atoms with Gasteiger partial charge in [0.25, 0.3) is 0 Å². The highest BCUT2D eigenvalue weighted by molar-refractivity contribution is 6.18. The molecule has 2 nitrogen and oxygen atoms in total. The molecule has 12 aromatic carbocycles. The van der Waals surface area contributed by atoms with Crippen molar-refractivity contribution in [3.8, 4) is 22.3 Å². The Balaban J connectivity index is 0.975. The highest BCUT2D eigenvalue weighted by Gasteiger charge is 2.25. The third kappa shape index (κ3) is 8.70. The number of hydrogen-bond donors (Lipinski definition) is 0. The molecule has 0 atom stereocenters. The maximum absolute atomic E-state index is 2.54. The van der Waals surface area contributed by atoms with E-state index in [2.05, 4.69) is 301 Å². The fourth-order valence-corrected chi connectivity index (χ4v) is 11.8. The second-order valence-corrected chi connectivity index (χ2v) is 20.3. The molecule has 2 aliphatic rings. The lowest BCUT2D eigenvalue weighted by molar-refractivity contribution is 1.11. The molecule has 0 bridgehead atoms. The third-order valence-corrected chi connectivity index (χ3v) is 15.6. The van der Waals surface area contributed by atoms with Crippen molar-refractivity contribution in [2.24, 2.45) is 0 Å². The van der Waals surface area contributed by atoms with Crippen LogP contribution < -0.4 is 20.2 Å². The molecule has 0 saturated carbocycles. The maximum Gasteiger partial charge on any atom is 0.0619 e. The second-order valence-electron chi connectivity index (χ2n) is 20.3. The number of rotatable bonds is 10. The lowest BCUT2D eigenvalue weighted by Crippen LogP contribution is -2.33. The largest absolute Gasteiger partial charge is 0.309 e. The van der Waals surface area contributed by atoms with E-state index >= 15 is 0 Å². The highest BCUT2D eigenvalue weighted by atomic mass is 15.2. The summed E-state index contributed by atoms with van der Waals surface area (Å²) in [5.74, 6) is 0. The molecule has 0 unspecified atom stereocenters. The summed E-state index contributed by atoms with van der Waals surface area (Å²) >= 11 is 0. The molecule has 0 aliphatic heterocycles. The standard InChI is InChI=1S/C75H54N2/c1-3-16-52(17-4-1)54-26-15-27-55(31-30-54)60-36-42-66(43-37-60)76(68-46-40-56-20-7-9-22-62(56)48-68)74-70-28-13-11-24-64(70)51-73-72(74)50-65-25-12-14-29-71(65)75(73)77(69-47-41-57-21-8-10-23-63(57)49-69)67-44-38-61(39-45-67)59-34-32-58(33-35-59)53-18-5-2-6-19-53/h1-10,12,14,16-51H,11,13,15H2. The van der Waals surface area contributed by atoms with Gasteiger partial charge in [-0.05, 0) is 157 Å². The minimum Gasteiger partial charge on any atom is -0.309 e. The number of allylic oxidation sites excluding steroid dienone is 6. The Bertz CT molecular complexity index is 4430. The van der Waals surface area contributed by atoms with Crippen LogP contribution in [-0.2, 0) is 0 Å². The highest BCUT2D eigenvalue weighted by Crippen LogP contribution is 2.48. The fourth-order valence-electron chi connectivity index (χ4n) is 11.8. The molecule has 0 radical (unpaired) electrons. The van der Waals surface area contributed by atoms with Gasteiger partial charge in [0.05, 0.1) is 11.4 Å². The van der Waals surface area contributed by atoms with E-state index < -0.39 is 0 Å². The first-order chi connectivity index (χ1) is 38.2. The van der Waals surface area contributed by atoms with Crippen LogP contribution in [0.2, 0.25) is 0 Å². The zero-order chi connectivity index (χ0) is 51.1. The summed E-state index contributed by atoms with van der Waals surface area (Å²) in [5.41, 5.74) is 16.4. The number of benzene rings is 12. The van der Waals surface area contributed by atoms with Gasteiger partial charge in [-0.2, -0.15) is 0 Å². The molecule has 0 fully saturated rings. The molecule has 0 spiro atoms. The van der Waals surface area contributed by atoms with Gasteiger partial charge < -0.3 is 9.80 Å². The van der Waals surface area contributed by atoms with Gasteiger partial charge in [0.1, 0.15) is 0 Å². The van der Waals surface area contributed by atoms with Crippen molar-refractivity contribution in [2.75, 3.05) is 9.80 Å². The first-order valence-corrected chi connectivity index (χ1v) is 26.9. The Hall–Kier alpha value is -9.76. The summed E-state index contributed by atoms with van der Waals surface area (Å²) < 4.78 is 0. The van der Waals surface area contributed by atoms with Crippen LogP contribution in [0.1, 0.15) is 30.4 Å². The fraction of sp³-hybridized carbons (Fsp3) is 0.0400. The van der Waals surface area contributed by atoms with Crippen LogP contribution in [0.3, 0.4) is 0 Å². The van der Waals surface area contributed by atoms with Crippen LogP contribution in [0, 0.1) is 0 Å². The van der Waals surface area contributed by atoms with Gasteiger partial charge in [-0.25, -0.2) is 0 Å². The van der Waals surface area contributed by atoms with Crippen LogP contribution in [0.5, 0.6) is 0 Å². The zero-order valence-corrected chi connectivity index (χ0v) is 42.7. The minimum absolute atomic E-state index is 0.867. The first-order valence-electron chi connectivity index (χ1n) is 26.9. The molecule has 364 valence electrons. The van der Waals surface area contributed by atoms with Crippen molar-refractivity contribution in [1.29, 1.82) is 0 Å². The van der Waals surface area contributed by atoms with E-state index in [1.54, 1.807) is 0 Å². The molecule has 77 heavy (non-hydrogen) atoms. The van der Waals surface area contributed by atoms with Gasteiger partial charge >= 0.3 is 0 Å². The molecule has 0 amide bonds. The van der Waals surface area contributed by atoms with E-state index in [9.17, 15) is 0 Å². The topological polar surface area (TPSA) is 6.48 Å². The Morgan fingerprint density at radius 2 is 0.675 bits per heavy atom. The van der Waals surface area contributed by atoms with E-state index in [1.807, 2.05) is 0 Å². The molecule has 2 aliphatic carbocycles. The van der Waals surface area contributed by atoms with Crippen molar-refractivity contribution < 1.29 is 0 Å². The van der Waals surface area contributed by atoms with Gasteiger partial charge in [-0.1, -0.05) is 231 Å². The SMILES string of the molecule is C1=CC(c2ccc(N(c3ccc4ccccc4c3)c3c4c(cc5c(N(c6ccc(-c7ccc(-c8ccccc8)cc7)cc6)c6ccc7ccccc7c6)c6ccccc6cc35)=CCCC=4)cc2)=CCC=C1c1ccccc1. The monoisotopic (exact) mass is 982 g/mol. The summed E-state index contributed by atoms with van der Waals surface area (Å²) in [6.07, 6.45) is 17.0. The Morgan fingerprint density at radius 1 is 0.260 bits per heavy atom. The molecule has 14 rings (SSSR count). The Kier molecular flexibility index (Phi) is 11.8. The Morgan fingerprint density at radius 3 is 1.26 bits per heavy atom. The number of fused-ring (bicyclic) bond motifs is 5. The van der Waals surface area contributed by atoms with Gasteiger partial charge in [0.15, 0.2) is 0 Å². The van der Waals surface area contributed by atoms with Gasteiger partial charge in [0, 0.05) is 44.1 Å². The van der Waals surface area contributed by atoms with Crippen molar-refractivity contribution in [3.63, 3.8) is 0 Å². The first kappa shape index (κ1) is 45.8. The van der Waals surface area contributed by atoms with Crippen molar-refractivity contribution >= 4 is 101 Å². The molecular weight excluding hydrogens is 929 g/mol. The van der Waals surface area contributed by atoms with E-state index in [-0.39, 0.29) is 0 Å². The van der Waals surface area contributed by atoms with E-state index in [1.165, 1.54) is 104 Å². The average molecular weight is 983 g/mol. The number of anilines is 6. The summed E-state index contributed by atoms with van der Waals surface area (Å²) in [6.45, 7) is 0. The molecular formula is C75H54N2. The van der Waals surface area contributed by atoms with Gasteiger partial charge in [-0.3, -0.25) is 0 Å². The van der Waals surface area contributed by atoms with Crippen LogP contribution in [0.15, 0.2) is 279 Å². The molecule has 2 heteroatoms. The maximum atomic E-state index is 2.54.